The molecule has 12 aliphatic carbocycles. The van der Waals surface area contributed by atoms with E-state index < -0.39 is 0 Å². The Balaban J connectivity index is 0.000000119. The van der Waals surface area contributed by atoms with E-state index in [9.17, 15) is 14.7 Å². The number of nitrogens with one attached hydrogen (secondary N) is 1. The first kappa shape index (κ1) is 80.1. The molecular weight excluding hydrogens is 1400 g/mol. The first-order chi connectivity index (χ1) is 54.2. The van der Waals surface area contributed by atoms with Gasteiger partial charge in [0.15, 0.2) is 0 Å². The molecule has 0 radical (unpaired) electrons. The van der Waals surface area contributed by atoms with E-state index in [2.05, 4.69) is 107 Å². The summed E-state index contributed by atoms with van der Waals surface area (Å²) in [6, 6.07) is 20.8. The van der Waals surface area contributed by atoms with Crippen LogP contribution in [0, 0.1) is 135 Å². The molecule has 2 aromatic rings. The number of aliphatic hydroxyl groups is 1. The number of piperidine rings is 3. The Morgan fingerprint density at radius 2 is 0.805 bits per heavy atom. The molecular formula is C102H151N3O8. The number of benzene rings is 2. The second-order valence-electron chi connectivity index (χ2n) is 44.7. The van der Waals surface area contributed by atoms with Crippen LogP contribution in [0.4, 0.5) is 9.59 Å². The maximum Gasteiger partial charge on any atom is 0.410 e. The predicted molar refractivity (Wildman–Crippen MR) is 451 cm³/mol. The van der Waals surface area contributed by atoms with Crippen LogP contribution in [0.1, 0.15) is 301 Å². The van der Waals surface area contributed by atoms with E-state index in [4.69, 9.17) is 23.7 Å². The monoisotopic (exact) mass is 1550 g/mol. The minimum atomic E-state index is -0.190. The lowest BCUT2D eigenvalue weighted by atomic mass is 9.51. The van der Waals surface area contributed by atoms with Gasteiger partial charge < -0.3 is 43.9 Å². The zero-order valence-corrected chi connectivity index (χ0v) is 72.8. The van der Waals surface area contributed by atoms with Crippen LogP contribution in [-0.2, 0) is 36.9 Å². The zero-order chi connectivity index (χ0) is 78.6. The Bertz CT molecular complexity index is 3710. The molecule has 0 bridgehead atoms. The molecule has 6 heterocycles. The van der Waals surface area contributed by atoms with E-state index >= 15 is 0 Å². The molecule has 0 unspecified atom stereocenters. The highest BCUT2D eigenvalue weighted by atomic mass is 16.6. The Morgan fingerprint density at radius 3 is 1.22 bits per heavy atom. The van der Waals surface area contributed by atoms with Crippen molar-refractivity contribution in [3.63, 3.8) is 0 Å². The van der Waals surface area contributed by atoms with Gasteiger partial charge in [0.1, 0.15) is 13.2 Å². The van der Waals surface area contributed by atoms with Crippen molar-refractivity contribution in [1.29, 1.82) is 0 Å². The van der Waals surface area contributed by atoms with E-state index in [0.29, 0.717) is 77.1 Å². The van der Waals surface area contributed by atoms with Crippen LogP contribution in [-0.4, -0.2) is 106 Å². The fraction of sp³-hybridized carbons (Fsp3) is 0.804. The molecule has 9 saturated carbocycles. The minimum absolute atomic E-state index is 0.0836. The molecule has 33 atom stereocenters. The zero-order valence-electron chi connectivity index (χ0n) is 72.8. The van der Waals surface area contributed by atoms with Gasteiger partial charge in [0.2, 0.25) is 0 Å². The van der Waals surface area contributed by atoms with E-state index in [1.54, 1.807) is 22.3 Å². The Morgan fingerprint density at radius 1 is 0.434 bits per heavy atom. The van der Waals surface area contributed by atoms with Gasteiger partial charge in [-0.2, -0.15) is 0 Å². The number of carbonyl (C=O) groups is 2. The van der Waals surface area contributed by atoms with Gasteiger partial charge in [-0.3, -0.25) is 0 Å². The summed E-state index contributed by atoms with van der Waals surface area (Å²) in [7, 11) is 0. The van der Waals surface area contributed by atoms with Crippen molar-refractivity contribution in [1.82, 2.24) is 15.1 Å². The molecule has 6 aliphatic heterocycles. The number of hydrogen-bond acceptors (Lipinski definition) is 9. The number of fused-ring (bicyclic) bond motifs is 18. The van der Waals surface area contributed by atoms with Crippen LogP contribution in [0.25, 0.3) is 0 Å². The van der Waals surface area contributed by atoms with Gasteiger partial charge in [-0.15, -0.1) is 0 Å². The van der Waals surface area contributed by atoms with Crippen molar-refractivity contribution in [2.24, 2.45) is 135 Å². The Labute approximate surface area is 683 Å². The first-order valence-corrected chi connectivity index (χ1v) is 47.6. The summed E-state index contributed by atoms with van der Waals surface area (Å²) in [5, 5.41) is 14.3. The molecule has 0 aromatic heterocycles. The average molecular weight is 1550 g/mol. The summed E-state index contributed by atoms with van der Waals surface area (Å²) in [5.41, 5.74) is 13.8. The van der Waals surface area contributed by atoms with Gasteiger partial charge in [0.25, 0.3) is 0 Å². The molecule has 622 valence electrons. The summed E-state index contributed by atoms with van der Waals surface area (Å²) in [4.78, 5) is 31.1. The first-order valence-electron chi connectivity index (χ1n) is 47.6. The summed E-state index contributed by atoms with van der Waals surface area (Å²) in [6.45, 7) is 37.8. The molecule has 2 amide bonds. The molecule has 113 heavy (non-hydrogen) atoms. The molecule has 11 heteroatoms. The maximum atomic E-state index is 13.5. The van der Waals surface area contributed by atoms with Crippen LogP contribution in [0.3, 0.4) is 0 Å². The summed E-state index contributed by atoms with van der Waals surface area (Å²) in [6.07, 6.45) is 38.7. The van der Waals surface area contributed by atoms with Crippen LogP contribution >= 0.6 is 0 Å². The predicted octanol–water partition coefficient (Wildman–Crippen LogP) is 23.1. The number of allylic oxidation sites excluding steroid dienone is 3. The van der Waals surface area contributed by atoms with E-state index in [1.165, 1.54) is 148 Å². The van der Waals surface area contributed by atoms with Crippen molar-refractivity contribution in [2.75, 3.05) is 19.6 Å². The second-order valence-corrected chi connectivity index (χ2v) is 44.7. The number of nitrogens with zero attached hydrogens (tertiary/aromatic N) is 2. The number of carbonyl (C=O) groups excluding carboxylic acids is 2. The van der Waals surface area contributed by atoms with Crippen molar-refractivity contribution in [3.05, 3.63) is 105 Å². The van der Waals surface area contributed by atoms with E-state index in [0.717, 1.165) is 153 Å². The summed E-state index contributed by atoms with van der Waals surface area (Å²) >= 11 is 0. The molecule has 6 saturated heterocycles. The minimum Gasteiger partial charge on any atom is -0.445 e. The lowest BCUT2D eigenvalue weighted by Crippen LogP contribution is -2.54. The maximum absolute atomic E-state index is 13.5. The number of rotatable bonds is 4. The highest BCUT2D eigenvalue weighted by molar-refractivity contribution is 5.69. The topological polar surface area (TPSA) is 119 Å². The van der Waals surface area contributed by atoms with Gasteiger partial charge in [0.05, 0.1) is 53.3 Å². The van der Waals surface area contributed by atoms with Gasteiger partial charge >= 0.3 is 12.2 Å². The third-order valence-electron chi connectivity index (χ3n) is 38.5. The molecule has 15 fully saturated rings. The quantitative estimate of drug-likeness (QED) is 0.289. The van der Waals surface area contributed by atoms with Crippen molar-refractivity contribution >= 4 is 12.2 Å². The smallest absolute Gasteiger partial charge is 0.410 e. The number of ether oxygens (including phenoxy) is 5. The third kappa shape index (κ3) is 14.0. The number of amides is 2. The fourth-order valence-corrected chi connectivity index (χ4v) is 32.4. The highest BCUT2D eigenvalue weighted by Crippen LogP contribution is 2.70. The molecule has 20 rings (SSSR count). The molecule has 2 aromatic carbocycles. The van der Waals surface area contributed by atoms with Crippen molar-refractivity contribution in [3.8, 4) is 0 Å². The number of likely N-dealkylation sites (tertiary alicyclic amines) is 2. The molecule has 3 spiro atoms. The second kappa shape index (κ2) is 30.9. The van der Waals surface area contributed by atoms with Crippen LogP contribution in [0.5, 0.6) is 0 Å². The van der Waals surface area contributed by atoms with Gasteiger partial charge in [-0.25, -0.2) is 9.59 Å². The number of aliphatic hydroxyl groups excluding tert-OH is 1. The Hall–Kier alpha value is -4.00. The summed E-state index contributed by atoms with van der Waals surface area (Å²) < 4.78 is 33.2. The highest BCUT2D eigenvalue weighted by Gasteiger charge is 2.66. The molecule has 11 nitrogen and oxygen atoms in total. The van der Waals surface area contributed by atoms with E-state index in [1.807, 2.05) is 76.7 Å². The van der Waals surface area contributed by atoms with Gasteiger partial charge in [-0.05, 0) is 335 Å². The standard InChI is InChI=1S/C37H53NO3.C36H51NO4.C29H47NO/c1-23-13-15-36(5)28(17-23)11-12-30-29-14-16-37(20-25(3)31(29)19-32(30)36)26(4)34-33(41-37)18-24(2)21-38(34)35(39)40-22-27-9-7-6-8-10-27;1-22-16-32-33(37(20-22)34(39)40-21-25-8-6-5-7-9-25)24(3)36(41-32)15-13-28-29-11-10-26-17-27(38)12-14-35(26,4)31(29)18-30(28)23(2)19-36;1-17-8-10-28(5)21(12-17)6-7-23-22-9-11-29(15-19(3)24(22)14-25(23)28)20(4)27-26(31-29)13-18(2)16-30-27/h6-10,23-24,26,28-30,32-34H,11-22H2,1-5H3;5-9,22,24,26-29,31-33,38H,10-21H2,1-4H3;17-18,20-23,25-27,30H,6-16H2,1-5H3/t23-,24+,26-,28-,29+,30+,32+,33-,34+,36+,37+;22-,24+,26+,27+,28-,29-,31-,32+,33-,35-,36-;17-,18+,20-,21-,22+,23+,25+,26-,27+,28+,29+/m101/s1. The SMILES string of the molecule is CC1=C2C[C@H]3[C@@H](CC[C@@H]4C[C@H](C)CC[C@@]43C)[C@@H]2CC[C@@]2(C1)O[C@@H]1C[C@H](C)CN(C(=O)OCc3ccccc3)[C@H]1[C@H]2C.CC1=C2C[C@H]3[C@@H](CC[C@@H]4C[C@H](C)CC[C@@]43C)[C@@H]2CC[C@@]2(C1)O[C@@H]1C[C@H](C)CN[C@H]1[C@H]2C.CC1=C2C[C@H]3[C@@H](CC[C@@H]4C[C@H](O)CC[C@@]43C)[C@@H]2CC[C@@]2(C1)O[C@@H]1C[C@H](C)CN(C(=O)OCc3ccccc3)[C@H]1[C@H]2C. The van der Waals surface area contributed by atoms with Crippen LogP contribution in [0.15, 0.2) is 94.1 Å². The molecule has 18 aliphatic rings. The lowest BCUT2D eigenvalue weighted by Gasteiger charge is -2.54. The number of hydrogen-bond donors (Lipinski definition) is 2. The van der Waals surface area contributed by atoms with Gasteiger partial charge in [0, 0.05) is 36.9 Å². The normalized spacial score (nSPS) is 48.5. The van der Waals surface area contributed by atoms with Crippen LogP contribution < -0.4 is 5.32 Å². The van der Waals surface area contributed by atoms with Crippen molar-refractivity contribution in [2.45, 2.75) is 362 Å². The largest absolute Gasteiger partial charge is 0.445 e. The van der Waals surface area contributed by atoms with Gasteiger partial charge in [-0.1, -0.05) is 183 Å². The van der Waals surface area contributed by atoms with Crippen LogP contribution in [0.2, 0.25) is 0 Å². The Kier molecular flexibility index (Phi) is 21.9. The molecule has 2 N–H and O–H groups in total. The fourth-order valence-electron chi connectivity index (χ4n) is 32.4. The average Bonchev–Trinajstić information content (AvgIpc) is 1.58. The van der Waals surface area contributed by atoms with Crippen molar-refractivity contribution < 1.29 is 38.4 Å². The third-order valence-corrected chi connectivity index (χ3v) is 38.5. The van der Waals surface area contributed by atoms with E-state index in [-0.39, 0.29) is 65.3 Å². The summed E-state index contributed by atoms with van der Waals surface area (Å²) in [5.74, 6) is 14.9. The lowest BCUT2D eigenvalue weighted by molar-refractivity contribution is -0.0832.